The molecule has 5 nitrogen and oxygen atoms in total. The van der Waals surface area contributed by atoms with Crippen molar-refractivity contribution in [3.8, 4) is 0 Å². The summed E-state index contributed by atoms with van der Waals surface area (Å²) in [6.07, 6.45) is 3.45. The van der Waals surface area contributed by atoms with Crippen molar-refractivity contribution in [2.75, 3.05) is 11.4 Å². The number of aromatic nitrogens is 1. The zero-order chi connectivity index (χ0) is 15.1. The lowest BCUT2D eigenvalue weighted by molar-refractivity contribution is -0.114. The summed E-state index contributed by atoms with van der Waals surface area (Å²) in [5.41, 5.74) is 1.33. The molecular formula is C15H11BrN2O3. The number of Topliss-reactive ketones (excluding diaryl/α,β-unsaturated/α-hetero) is 2. The minimum Gasteiger partial charge on any atom is -0.357 e. The van der Waals surface area contributed by atoms with Crippen LogP contribution in [0.2, 0.25) is 0 Å². The van der Waals surface area contributed by atoms with Gasteiger partial charge < -0.3 is 4.57 Å². The van der Waals surface area contributed by atoms with Crippen molar-refractivity contribution in [3.63, 3.8) is 0 Å². The summed E-state index contributed by atoms with van der Waals surface area (Å²) in [4.78, 5) is 37.5. The van der Waals surface area contributed by atoms with E-state index in [4.69, 9.17) is 0 Å². The first-order valence-electron chi connectivity index (χ1n) is 6.28. The zero-order valence-electron chi connectivity index (χ0n) is 11.2. The largest absolute Gasteiger partial charge is 0.357 e. The van der Waals surface area contributed by atoms with E-state index in [1.165, 1.54) is 4.90 Å². The molecule has 0 bridgehead atoms. The van der Waals surface area contributed by atoms with E-state index in [0.29, 0.717) is 16.8 Å². The molecule has 106 valence electrons. The molecule has 3 rings (SSSR count). The monoisotopic (exact) mass is 346 g/mol. The van der Waals surface area contributed by atoms with E-state index in [-0.39, 0.29) is 12.3 Å². The van der Waals surface area contributed by atoms with Gasteiger partial charge in [0, 0.05) is 29.5 Å². The number of halogens is 1. The summed E-state index contributed by atoms with van der Waals surface area (Å²) in [6.45, 7) is -0.136. The minimum absolute atomic E-state index is 0.136. The maximum Gasteiger partial charge on any atom is 0.299 e. The van der Waals surface area contributed by atoms with Gasteiger partial charge in [-0.1, -0.05) is 15.9 Å². The molecule has 0 spiro atoms. The van der Waals surface area contributed by atoms with E-state index in [2.05, 4.69) is 15.9 Å². The lowest BCUT2D eigenvalue weighted by Gasteiger charge is -2.15. The van der Waals surface area contributed by atoms with E-state index < -0.39 is 11.7 Å². The van der Waals surface area contributed by atoms with E-state index in [0.717, 1.165) is 4.47 Å². The Morgan fingerprint density at radius 3 is 2.67 bits per heavy atom. The number of hydrogen-bond donors (Lipinski definition) is 0. The molecule has 2 aromatic rings. The summed E-state index contributed by atoms with van der Waals surface area (Å²) < 4.78 is 2.48. The Morgan fingerprint density at radius 2 is 2.00 bits per heavy atom. The number of carbonyl (C=O) groups is 3. The Kier molecular flexibility index (Phi) is 3.25. The maximum atomic E-state index is 12.2. The maximum absolute atomic E-state index is 12.2. The number of ketones is 2. The molecule has 0 N–H and O–H groups in total. The first-order chi connectivity index (χ1) is 9.97. The summed E-state index contributed by atoms with van der Waals surface area (Å²) >= 11 is 3.27. The Balaban J connectivity index is 1.92. The number of benzene rings is 1. The topological polar surface area (TPSA) is 59.4 Å². The van der Waals surface area contributed by atoms with Gasteiger partial charge in [-0.25, -0.2) is 0 Å². The molecule has 0 unspecified atom stereocenters. The predicted molar refractivity (Wildman–Crippen MR) is 80.6 cm³/mol. The van der Waals surface area contributed by atoms with E-state index in [1.807, 2.05) is 7.05 Å². The van der Waals surface area contributed by atoms with Crippen molar-refractivity contribution < 1.29 is 14.4 Å². The number of anilines is 1. The Labute approximate surface area is 129 Å². The smallest absolute Gasteiger partial charge is 0.299 e. The molecule has 0 fully saturated rings. The van der Waals surface area contributed by atoms with Crippen molar-refractivity contribution in [3.05, 3.63) is 52.3 Å². The molecule has 1 aliphatic heterocycles. The fourth-order valence-electron chi connectivity index (χ4n) is 2.33. The van der Waals surface area contributed by atoms with Gasteiger partial charge in [0.25, 0.3) is 11.7 Å². The van der Waals surface area contributed by atoms with Crippen LogP contribution in [0.3, 0.4) is 0 Å². The van der Waals surface area contributed by atoms with Gasteiger partial charge in [-0.2, -0.15) is 0 Å². The fraction of sp³-hybridized carbons (Fsp3) is 0.133. The second-order valence-corrected chi connectivity index (χ2v) is 5.79. The zero-order valence-corrected chi connectivity index (χ0v) is 12.8. The van der Waals surface area contributed by atoms with Crippen LogP contribution in [0.15, 0.2) is 41.1 Å². The number of rotatable bonds is 3. The first kappa shape index (κ1) is 13.8. The Morgan fingerprint density at radius 1 is 1.24 bits per heavy atom. The van der Waals surface area contributed by atoms with Gasteiger partial charge in [0.1, 0.15) is 0 Å². The average molecular weight is 347 g/mol. The average Bonchev–Trinajstić information content (AvgIpc) is 2.97. The highest BCUT2D eigenvalue weighted by Crippen LogP contribution is 2.31. The van der Waals surface area contributed by atoms with Gasteiger partial charge in [0.15, 0.2) is 5.78 Å². The molecule has 0 radical (unpaired) electrons. The predicted octanol–water partition coefficient (Wildman–Crippen LogP) is 2.20. The molecule has 1 aromatic carbocycles. The lowest BCUT2D eigenvalue weighted by Crippen LogP contribution is -2.34. The third-order valence-electron chi connectivity index (χ3n) is 3.39. The van der Waals surface area contributed by atoms with Gasteiger partial charge in [-0.3, -0.25) is 19.3 Å². The van der Waals surface area contributed by atoms with Crippen LogP contribution in [0, 0.1) is 0 Å². The standard InChI is InChI=1S/C15H11BrN2O3/c1-17-5-4-9(7-17)13(19)8-18-12-3-2-10(16)6-11(12)14(20)15(18)21/h2-7H,8H2,1H3. The van der Waals surface area contributed by atoms with Crippen LogP contribution in [-0.2, 0) is 11.8 Å². The van der Waals surface area contributed by atoms with Gasteiger partial charge in [0.2, 0.25) is 0 Å². The molecule has 0 saturated carbocycles. The van der Waals surface area contributed by atoms with Crippen molar-refractivity contribution in [2.45, 2.75) is 0 Å². The highest BCUT2D eigenvalue weighted by molar-refractivity contribution is 9.10. The number of aryl methyl sites for hydroxylation is 1. The lowest BCUT2D eigenvalue weighted by atomic mass is 10.1. The normalized spacial score (nSPS) is 13.7. The third-order valence-corrected chi connectivity index (χ3v) is 3.88. The molecule has 6 heteroatoms. The molecule has 1 amide bonds. The number of fused-ring (bicyclic) bond motifs is 1. The second kappa shape index (κ2) is 4.96. The van der Waals surface area contributed by atoms with Gasteiger partial charge >= 0.3 is 0 Å². The summed E-state index contributed by atoms with van der Waals surface area (Å²) in [5.74, 6) is -1.44. The quantitative estimate of drug-likeness (QED) is 0.632. The van der Waals surface area contributed by atoms with Gasteiger partial charge in [-0.05, 0) is 24.3 Å². The fourth-order valence-corrected chi connectivity index (χ4v) is 2.69. The van der Waals surface area contributed by atoms with Crippen LogP contribution < -0.4 is 4.90 Å². The molecular weight excluding hydrogens is 336 g/mol. The molecule has 1 aliphatic rings. The summed E-state index contributed by atoms with van der Waals surface area (Å²) in [5, 5.41) is 0. The molecule has 1 aromatic heterocycles. The van der Waals surface area contributed by atoms with Gasteiger partial charge in [0.05, 0.1) is 17.8 Å². The van der Waals surface area contributed by atoms with Crippen LogP contribution in [0.4, 0.5) is 5.69 Å². The second-order valence-electron chi connectivity index (χ2n) is 4.87. The van der Waals surface area contributed by atoms with Crippen molar-refractivity contribution >= 4 is 39.1 Å². The number of amides is 1. The van der Waals surface area contributed by atoms with E-state index >= 15 is 0 Å². The van der Waals surface area contributed by atoms with Crippen LogP contribution in [0.1, 0.15) is 20.7 Å². The van der Waals surface area contributed by atoms with Crippen molar-refractivity contribution in [2.24, 2.45) is 7.05 Å². The highest BCUT2D eigenvalue weighted by Gasteiger charge is 2.36. The molecule has 2 heterocycles. The van der Waals surface area contributed by atoms with E-state index in [9.17, 15) is 14.4 Å². The highest BCUT2D eigenvalue weighted by atomic mass is 79.9. The minimum atomic E-state index is -0.660. The number of hydrogen-bond acceptors (Lipinski definition) is 3. The van der Waals surface area contributed by atoms with Gasteiger partial charge in [-0.15, -0.1) is 0 Å². The number of nitrogens with zero attached hydrogens (tertiary/aromatic N) is 2. The van der Waals surface area contributed by atoms with Crippen molar-refractivity contribution in [1.82, 2.24) is 4.57 Å². The third kappa shape index (κ3) is 2.31. The van der Waals surface area contributed by atoms with Crippen molar-refractivity contribution in [1.29, 1.82) is 0 Å². The first-order valence-corrected chi connectivity index (χ1v) is 7.07. The molecule has 0 aliphatic carbocycles. The Bertz CT molecular complexity index is 779. The number of carbonyl (C=O) groups excluding carboxylic acids is 3. The van der Waals surface area contributed by atoms with E-state index in [1.54, 1.807) is 41.2 Å². The van der Waals surface area contributed by atoms with Crippen LogP contribution >= 0.6 is 15.9 Å². The molecule has 0 saturated heterocycles. The Hall–Kier alpha value is -2.21. The SMILES string of the molecule is Cn1ccc(C(=O)CN2C(=O)C(=O)c3cc(Br)ccc32)c1. The van der Waals surface area contributed by atoms with Crippen LogP contribution in [-0.4, -0.2) is 28.6 Å². The van der Waals surface area contributed by atoms with Crippen LogP contribution in [0.5, 0.6) is 0 Å². The van der Waals surface area contributed by atoms with Crippen LogP contribution in [0.25, 0.3) is 0 Å². The summed E-state index contributed by atoms with van der Waals surface area (Å²) in [6, 6.07) is 6.70. The molecule has 21 heavy (non-hydrogen) atoms. The molecule has 0 atom stereocenters. The summed E-state index contributed by atoms with van der Waals surface area (Å²) in [7, 11) is 1.81.